The van der Waals surface area contributed by atoms with Crippen LogP contribution < -0.4 is 10.0 Å². The Labute approximate surface area is 113 Å². The molecule has 0 spiro atoms. The highest BCUT2D eigenvalue weighted by atomic mass is 32.2. The van der Waals surface area contributed by atoms with Crippen LogP contribution in [0.2, 0.25) is 0 Å². The first kappa shape index (κ1) is 13.4. The Balaban J connectivity index is 2.07. The summed E-state index contributed by atoms with van der Waals surface area (Å²) < 4.78 is 26.8. The van der Waals surface area contributed by atoms with Gasteiger partial charge in [-0.3, -0.25) is 4.72 Å². The highest BCUT2D eigenvalue weighted by Gasteiger charge is 2.20. The molecule has 0 bridgehead atoms. The van der Waals surface area contributed by atoms with E-state index in [-0.39, 0.29) is 0 Å². The largest absolute Gasteiger partial charge is 0.368 e. The van der Waals surface area contributed by atoms with E-state index in [1.807, 2.05) is 36.4 Å². The molecule has 1 unspecified atom stereocenters. The second kappa shape index (κ2) is 5.75. The average molecular weight is 276 g/mol. The second-order valence-corrected chi connectivity index (χ2v) is 6.17. The van der Waals surface area contributed by atoms with Crippen molar-refractivity contribution in [3.8, 4) is 0 Å². The van der Waals surface area contributed by atoms with E-state index in [4.69, 9.17) is 0 Å². The molecule has 0 aliphatic carbocycles. The molecule has 0 fully saturated rings. The van der Waals surface area contributed by atoms with Gasteiger partial charge in [0.2, 0.25) is 0 Å². The first-order valence-corrected chi connectivity index (χ1v) is 7.51. The normalized spacial score (nSPS) is 12.7. The predicted molar refractivity (Wildman–Crippen MR) is 78.5 cm³/mol. The zero-order chi connectivity index (χ0) is 13.7. The molecule has 4 nitrogen and oxygen atoms in total. The minimum absolute atomic E-state index is 0.559. The Kier molecular flexibility index (Phi) is 4.06. The van der Waals surface area contributed by atoms with E-state index >= 15 is 0 Å². The number of anilines is 2. The molecule has 0 saturated heterocycles. The molecule has 2 rings (SSSR count). The van der Waals surface area contributed by atoms with Gasteiger partial charge in [-0.25, -0.2) is 8.42 Å². The molecule has 0 aliphatic rings. The molecule has 0 aromatic heterocycles. The maximum atomic E-state index is 12.1. The number of para-hydroxylation sites is 2. The van der Waals surface area contributed by atoms with Crippen LogP contribution in [0.15, 0.2) is 60.7 Å². The molecule has 100 valence electrons. The Morgan fingerprint density at radius 3 is 1.84 bits per heavy atom. The molecular formula is C14H16N2O2S. The first-order valence-electron chi connectivity index (χ1n) is 5.96. The first-order chi connectivity index (χ1) is 9.08. The molecule has 1 atom stereocenters. The van der Waals surface area contributed by atoms with Crippen LogP contribution in [0.5, 0.6) is 0 Å². The summed E-state index contributed by atoms with van der Waals surface area (Å²) >= 11 is 0. The quantitative estimate of drug-likeness (QED) is 0.883. The summed E-state index contributed by atoms with van der Waals surface area (Å²) in [5.74, 6) is 0. The maximum Gasteiger partial charge on any atom is 0.253 e. The number of hydrogen-bond donors (Lipinski definition) is 2. The fourth-order valence-corrected chi connectivity index (χ4v) is 2.54. The summed E-state index contributed by atoms with van der Waals surface area (Å²) in [7, 11) is -3.47. The van der Waals surface area contributed by atoms with Gasteiger partial charge in [0.1, 0.15) is 5.37 Å². The highest BCUT2D eigenvalue weighted by Crippen LogP contribution is 2.14. The van der Waals surface area contributed by atoms with E-state index in [1.54, 1.807) is 31.2 Å². The molecule has 0 aliphatic heterocycles. The Morgan fingerprint density at radius 1 is 0.842 bits per heavy atom. The third kappa shape index (κ3) is 3.72. The van der Waals surface area contributed by atoms with Gasteiger partial charge in [-0.15, -0.1) is 0 Å². The van der Waals surface area contributed by atoms with Gasteiger partial charge in [-0.2, -0.15) is 0 Å². The second-order valence-electron chi connectivity index (χ2n) is 4.17. The number of rotatable bonds is 5. The average Bonchev–Trinajstić information content (AvgIpc) is 2.40. The molecule has 5 heteroatoms. The number of sulfonamides is 1. The molecule has 0 amide bonds. The van der Waals surface area contributed by atoms with E-state index in [0.717, 1.165) is 5.69 Å². The lowest BCUT2D eigenvalue weighted by molar-refractivity contribution is 0.594. The molecule has 0 saturated carbocycles. The van der Waals surface area contributed by atoms with Crippen molar-refractivity contribution >= 4 is 21.4 Å². The molecule has 2 N–H and O–H groups in total. The summed E-state index contributed by atoms with van der Waals surface area (Å²) in [6, 6.07) is 18.1. The fraction of sp³-hybridized carbons (Fsp3) is 0.143. The van der Waals surface area contributed by atoms with E-state index in [1.165, 1.54) is 0 Å². The van der Waals surface area contributed by atoms with Crippen molar-refractivity contribution in [3.05, 3.63) is 60.7 Å². The van der Waals surface area contributed by atoms with Crippen molar-refractivity contribution < 1.29 is 8.42 Å². The number of nitrogens with one attached hydrogen (secondary N) is 2. The number of hydrogen-bond acceptors (Lipinski definition) is 3. The molecule has 0 heterocycles. The standard InChI is InChI=1S/C14H16N2O2S/c1-12(15-13-8-4-2-5-9-13)19(17,18)16-14-10-6-3-7-11-14/h2-12,15-16H,1H3. The van der Waals surface area contributed by atoms with Gasteiger partial charge in [-0.05, 0) is 31.2 Å². The van der Waals surface area contributed by atoms with Crippen LogP contribution in [0.25, 0.3) is 0 Å². The van der Waals surface area contributed by atoms with Crippen LogP contribution in [-0.2, 0) is 10.0 Å². The SMILES string of the molecule is CC(Nc1ccccc1)S(=O)(=O)Nc1ccccc1. The number of benzene rings is 2. The third-order valence-corrected chi connectivity index (χ3v) is 4.21. The lowest BCUT2D eigenvalue weighted by Crippen LogP contribution is -2.31. The zero-order valence-corrected chi connectivity index (χ0v) is 11.4. The van der Waals surface area contributed by atoms with E-state index < -0.39 is 15.4 Å². The minimum atomic E-state index is -3.47. The van der Waals surface area contributed by atoms with E-state index in [2.05, 4.69) is 10.0 Å². The Morgan fingerprint density at radius 2 is 1.32 bits per heavy atom. The van der Waals surface area contributed by atoms with Crippen LogP contribution in [0.1, 0.15) is 6.92 Å². The Hall–Kier alpha value is -2.01. The summed E-state index contributed by atoms with van der Waals surface area (Å²) in [5, 5.41) is 2.23. The third-order valence-electron chi connectivity index (χ3n) is 2.64. The van der Waals surface area contributed by atoms with Crippen LogP contribution in [-0.4, -0.2) is 13.8 Å². The Bertz CT molecular complexity index is 612. The van der Waals surface area contributed by atoms with E-state index in [0.29, 0.717) is 5.69 Å². The van der Waals surface area contributed by atoms with Gasteiger partial charge in [0.15, 0.2) is 0 Å². The van der Waals surface area contributed by atoms with Gasteiger partial charge in [-0.1, -0.05) is 36.4 Å². The van der Waals surface area contributed by atoms with Gasteiger partial charge < -0.3 is 5.32 Å². The molecular weight excluding hydrogens is 260 g/mol. The van der Waals surface area contributed by atoms with Crippen molar-refractivity contribution in [3.63, 3.8) is 0 Å². The molecule has 19 heavy (non-hydrogen) atoms. The molecule has 2 aromatic rings. The predicted octanol–water partition coefficient (Wildman–Crippen LogP) is 2.89. The van der Waals surface area contributed by atoms with Gasteiger partial charge >= 0.3 is 0 Å². The van der Waals surface area contributed by atoms with Crippen molar-refractivity contribution in [2.45, 2.75) is 12.3 Å². The zero-order valence-electron chi connectivity index (χ0n) is 10.6. The maximum absolute atomic E-state index is 12.1. The highest BCUT2D eigenvalue weighted by molar-refractivity contribution is 7.93. The van der Waals surface area contributed by atoms with Crippen LogP contribution in [0, 0.1) is 0 Å². The lowest BCUT2D eigenvalue weighted by atomic mass is 10.3. The van der Waals surface area contributed by atoms with Crippen molar-refractivity contribution in [1.29, 1.82) is 0 Å². The summed E-state index contributed by atoms with van der Waals surface area (Å²) in [4.78, 5) is 0. The summed E-state index contributed by atoms with van der Waals surface area (Å²) in [6.07, 6.45) is 0. The van der Waals surface area contributed by atoms with Crippen LogP contribution >= 0.6 is 0 Å². The van der Waals surface area contributed by atoms with E-state index in [9.17, 15) is 8.42 Å². The van der Waals surface area contributed by atoms with Gasteiger partial charge in [0.25, 0.3) is 10.0 Å². The van der Waals surface area contributed by atoms with Crippen molar-refractivity contribution in [1.82, 2.24) is 0 Å². The summed E-state index contributed by atoms with van der Waals surface area (Å²) in [6.45, 7) is 1.61. The minimum Gasteiger partial charge on any atom is -0.368 e. The lowest BCUT2D eigenvalue weighted by Gasteiger charge is -2.17. The smallest absolute Gasteiger partial charge is 0.253 e. The van der Waals surface area contributed by atoms with Gasteiger partial charge in [0.05, 0.1) is 0 Å². The fourth-order valence-electron chi connectivity index (χ4n) is 1.61. The monoisotopic (exact) mass is 276 g/mol. The summed E-state index contributed by atoms with van der Waals surface area (Å²) in [5.41, 5.74) is 1.33. The van der Waals surface area contributed by atoms with Crippen LogP contribution in [0.3, 0.4) is 0 Å². The van der Waals surface area contributed by atoms with Crippen molar-refractivity contribution in [2.24, 2.45) is 0 Å². The molecule has 0 radical (unpaired) electrons. The van der Waals surface area contributed by atoms with Crippen LogP contribution in [0.4, 0.5) is 11.4 Å². The van der Waals surface area contributed by atoms with Gasteiger partial charge in [0, 0.05) is 11.4 Å². The molecule has 2 aromatic carbocycles. The van der Waals surface area contributed by atoms with Crippen molar-refractivity contribution in [2.75, 3.05) is 10.0 Å². The topological polar surface area (TPSA) is 58.2 Å².